The lowest BCUT2D eigenvalue weighted by Gasteiger charge is -2.26. The molecule has 3 unspecified atom stereocenters. The molecule has 1 fully saturated rings. The van der Waals surface area contributed by atoms with E-state index in [1.54, 1.807) is 0 Å². The number of rotatable bonds is 5. The summed E-state index contributed by atoms with van der Waals surface area (Å²) < 4.78 is 14.0. The predicted molar refractivity (Wildman–Crippen MR) is 89.5 cm³/mol. The fraction of sp³-hybridized carbons (Fsp3) is 0.625. The maximum Gasteiger partial charge on any atom is 0.0588 e. The average Bonchev–Trinajstić information content (AvgIpc) is 2.70. The largest absolute Gasteiger partial charge is 0.313 e. The van der Waals surface area contributed by atoms with Crippen LogP contribution in [0.5, 0.6) is 0 Å². The van der Waals surface area contributed by atoms with E-state index in [4.69, 9.17) is 0 Å². The van der Waals surface area contributed by atoms with Gasteiger partial charge in [-0.2, -0.15) is 0 Å². The predicted octanol–water partition coefficient (Wildman–Crippen LogP) is 4.26. The molecule has 2 rings (SSSR count). The van der Waals surface area contributed by atoms with Crippen molar-refractivity contribution in [2.75, 3.05) is 6.54 Å². The topological polar surface area (TPSA) is 29.1 Å². The molecule has 0 bridgehead atoms. The molecule has 3 atom stereocenters. The first kappa shape index (κ1) is 16.2. The first-order valence-electron chi connectivity index (χ1n) is 7.62. The number of nitrogens with one attached hydrogen (secondary N) is 1. The Bertz CT molecular complexity index is 452. The van der Waals surface area contributed by atoms with E-state index < -0.39 is 10.8 Å². The Morgan fingerprint density at radius 2 is 2.00 bits per heavy atom. The zero-order valence-corrected chi connectivity index (χ0v) is 14.5. The maximum atomic E-state index is 13.0. The van der Waals surface area contributed by atoms with Crippen LogP contribution in [0.1, 0.15) is 45.4 Å². The van der Waals surface area contributed by atoms with E-state index in [9.17, 15) is 4.21 Å². The second-order valence-electron chi connectivity index (χ2n) is 5.46. The van der Waals surface area contributed by atoms with Crippen LogP contribution in [-0.4, -0.2) is 22.0 Å². The molecule has 1 aromatic rings. The number of hydrogen-bond acceptors (Lipinski definition) is 2. The van der Waals surface area contributed by atoms with Gasteiger partial charge in [0.1, 0.15) is 0 Å². The highest BCUT2D eigenvalue weighted by Crippen LogP contribution is 2.29. The van der Waals surface area contributed by atoms with Crippen LogP contribution in [0.2, 0.25) is 0 Å². The van der Waals surface area contributed by atoms with Crippen molar-refractivity contribution in [2.24, 2.45) is 0 Å². The van der Waals surface area contributed by atoms with Crippen LogP contribution in [-0.2, 0) is 10.8 Å². The molecule has 1 aliphatic carbocycles. The van der Waals surface area contributed by atoms with E-state index in [0.29, 0.717) is 6.04 Å². The Kier molecular flexibility index (Phi) is 6.72. The summed E-state index contributed by atoms with van der Waals surface area (Å²) in [5.41, 5.74) is 0. The highest BCUT2D eigenvalue weighted by molar-refractivity contribution is 9.10. The van der Waals surface area contributed by atoms with Crippen LogP contribution >= 0.6 is 15.9 Å². The number of halogens is 1. The molecule has 2 nitrogen and oxygen atoms in total. The summed E-state index contributed by atoms with van der Waals surface area (Å²) in [4.78, 5) is 0.947. The molecule has 1 aromatic carbocycles. The fourth-order valence-electron chi connectivity index (χ4n) is 2.86. The Hall–Kier alpha value is -0.190. The second kappa shape index (κ2) is 8.30. The van der Waals surface area contributed by atoms with Gasteiger partial charge in [0.25, 0.3) is 0 Å². The van der Waals surface area contributed by atoms with Crippen molar-refractivity contribution >= 4 is 26.7 Å². The highest BCUT2D eigenvalue weighted by atomic mass is 79.9. The third kappa shape index (κ3) is 4.15. The zero-order valence-electron chi connectivity index (χ0n) is 12.1. The second-order valence-corrected chi connectivity index (χ2v) is 7.96. The highest BCUT2D eigenvalue weighted by Gasteiger charge is 2.29. The van der Waals surface area contributed by atoms with Crippen LogP contribution in [0.3, 0.4) is 0 Å². The molecule has 0 saturated heterocycles. The minimum Gasteiger partial charge on any atom is -0.313 e. The molecule has 0 spiro atoms. The monoisotopic (exact) mass is 357 g/mol. The third-order valence-corrected chi connectivity index (χ3v) is 6.80. The van der Waals surface area contributed by atoms with E-state index in [2.05, 4.69) is 28.2 Å². The lowest BCUT2D eigenvalue weighted by atomic mass is 10.1. The minimum absolute atomic E-state index is 0.239. The third-order valence-electron chi connectivity index (χ3n) is 3.94. The summed E-state index contributed by atoms with van der Waals surface area (Å²) >= 11 is 3.54. The van der Waals surface area contributed by atoms with Gasteiger partial charge < -0.3 is 5.32 Å². The van der Waals surface area contributed by atoms with Gasteiger partial charge in [0.2, 0.25) is 0 Å². The molecule has 0 aromatic heterocycles. The lowest BCUT2D eigenvalue weighted by Crippen LogP contribution is -2.41. The van der Waals surface area contributed by atoms with Gasteiger partial charge in [0.15, 0.2) is 0 Å². The summed E-state index contributed by atoms with van der Waals surface area (Å²) in [6.45, 7) is 3.21. The molecular formula is C16H24BrNOS. The van der Waals surface area contributed by atoms with Crippen LogP contribution in [0.4, 0.5) is 0 Å². The van der Waals surface area contributed by atoms with Crippen LogP contribution in [0.25, 0.3) is 0 Å². The van der Waals surface area contributed by atoms with E-state index in [-0.39, 0.29) is 5.25 Å². The van der Waals surface area contributed by atoms with Crippen molar-refractivity contribution in [2.45, 2.75) is 61.6 Å². The van der Waals surface area contributed by atoms with Gasteiger partial charge >= 0.3 is 0 Å². The summed E-state index contributed by atoms with van der Waals surface area (Å²) in [6.07, 6.45) is 7.07. The van der Waals surface area contributed by atoms with Crippen molar-refractivity contribution in [3.63, 3.8) is 0 Å². The molecule has 0 radical (unpaired) electrons. The molecule has 112 valence electrons. The van der Waals surface area contributed by atoms with Crippen molar-refractivity contribution in [3.8, 4) is 0 Å². The smallest absolute Gasteiger partial charge is 0.0588 e. The molecule has 1 N–H and O–H groups in total. The molecule has 4 heteroatoms. The number of benzene rings is 1. The van der Waals surface area contributed by atoms with Gasteiger partial charge in [0.05, 0.1) is 20.9 Å². The maximum absolute atomic E-state index is 13.0. The first-order valence-corrected chi connectivity index (χ1v) is 9.63. The zero-order chi connectivity index (χ0) is 14.4. The quantitative estimate of drug-likeness (QED) is 0.797. The molecule has 0 amide bonds. The van der Waals surface area contributed by atoms with Crippen molar-refractivity contribution < 1.29 is 4.21 Å². The average molecular weight is 358 g/mol. The normalized spacial score (nSPS) is 25.1. The Labute approximate surface area is 133 Å². The van der Waals surface area contributed by atoms with Crippen molar-refractivity contribution in [1.29, 1.82) is 0 Å². The lowest BCUT2D eigenvalue weighted by molar-refractivity contribution is 0.463. The Morgan fingerprint density at radius 1 is 1.25 bits per heavy atom. The molecule has 0 aliphatic heterocycles. The summed E-state index contributed by atoms with van der Waals surface area (Å²) in [5, 5.41) is 3.86. The van der Waals surface area contributed by atoms with E-state index in [1.165, 1.54) is 19.3 Å². The van der Waals surface area contributed by atoms with Crippen LogP contribution < -0.4 is 5.32 Å². The van der Waals surface area contributed by atoms with Crippen LogP contribution in [0.15, 0.2) is 33.6 Å². The van der Waals surface area contributed by atoms with Gasteiger partial charge in [0, 0.05) is 10.5 Å². The van der Waals surface area contributed by atoms with E-state index in [0.717, 1.165) is 35.2 Å². The molecule has 0 heterocycles. The standard InChI is InChI=1S/C16H24BrNOS/c1-2-12-18-14-9-4-3-5-11-16(14)20(19)15-10-7-6-8-13(15)17/h6-8,10,14,16,18H,2-5,9,11-12H2,1H3. The van der Waals surface area contributed by atoms with Crippen molar-refractivity contribution in [1.82, 2.24) is 5.32 Å². The van der Waals surface area contributed by atoms with Crippen LogP contribution in [0, 0.1) is 0 Å². The van der Waals surface area contributed by atoms with E-state index >= 15 is 0 Å². The molecule has 20 heavy (non-hydrogen) atoms. The first-order chi connectivity index (χ1) is 9.74. The van der Waals surface area contributed by atoms with Gasteiger partial charge in [-0.1, -0.05) is 38.3 Å². The number of hydrogen-bond donors (Lipinski definition) is 1. The summed E-state index contributed by atoms with van der Waals surface area (Å²) in [5.74, 6) is 0. The summed E-state index contributed by atoms with van der Waals surface area (Å²) in [6, 6.07) is 8.32. The fourth-order valence-corrected chi connectivity index (χ4v) is 5.34. The van der Waals surface area contributed by atoms with Gasteiger partial charge in [-0.15, -0.1) is 0 Å². The van der Waals surface area contributed by atoms with Gasteiger partial charge in [-0.05, 0) is 53.9 Å². The molecular weight excluding hydrogens is 334 g/mol. The van der Waals surface area contributed by atoms with Gasteiger partial charge in [-0.3, -0.25) is 4.21 Å². The molecule has 1 aliphatic rings. The van der Waals surface area contributed by atoms with Crippen molar-refractivity contribution in [3.05, 3.63) is 28.7 Å². The Morgan fingerprint density at radius 3 is 2.75 bits per heavy atom. The minimum atomic E-state index is -0.935. The van der Waals surface area contributed by atoms with E-state index in [1.807, 2.05) is 24.3 Å². The van der Waals surface area contributed by atoms with Gasteiger partial charge in [-0.25, -0.2) is 0 Å². The molecule has 1 saturated carbocycles. The summed E-state index contributed by atoms with van der Waals surface area (Å²) in [7, 11) is -0.935. The SMILES string of the molecule is CCCNC1CCCCCC1S(=O)c1ccccc1Br. The Balaban J connectivity index is 2.17.